The van der Waals surface area contributed by atoms with Gasteiger partial charge in [0.1, 0.15) is 11.6 Å². The minimum absolute atomic E-state index is 0.0168. The Morgan fingerprint density at radius 1 is 1.32 bits per heavy atom. The monoisotopic (exact) mass is 359 g/mol. The SMILES string of the molecule is CCCC1S/C(=N\N=C\c2ccco2)N(Cc2ccc(F)cc2)C1=O. The van der Waals surface area contributed by atoms with E-state index in [1.165, 1.54) is 30.1 Å². The number of halogens is 1. The van der Waals surface area contributed by atoms with Crippen molar-refractivity contribution in [3.05, 3.63) is 59.8 Å². The fourth-order valence-electron chi connectivity index (χ4n) is 2.45. The zero-order valence-electron chi connectivity index (χ0n) is 13.8. The highest BCUT2D eigenvalue weighted by Crippen LogP contribution is 2.31. The lowest BCUT2D eigenvalue weighted by atomic mass is 10.2. The van der Waals surface area contributed by atoms with Crippen molar-refractivity contribution in [3.63, 3.8) is 0 Å². The standard InChI is InChI=1S/C18H18FN3O2S/c1-2-4-16-17(23)22(12-13-6-8-14(19)9-7-13)18(25-16)21-20-11-15-5-3-10-24-15/h3,5-11,16H,2,4,12H2,1H3/b20-11+,21-18-. The van der Waals surface area contributed by atoms with Crippen LogP contribution in [0.5, 0.6) is 0 Å². The van der Waals surface area contributed by atoms with E-state index in [2.05, 4.69) is 10.2 Å². The number of furan rings is 1. The highest BCUT2D eigenvalue weighted by molar-refractivity contribution is 8.15. The van der Waals surface area contributed by atoms with Crippen molar-refractivity contribution in [2.24, 2.45) is 10.2 Å². The third kappa shape index (κ3) is 4.36. The Hall–Kier alpha value is -2.41. The molecular weight excluding hydrogens is 341 g/mol. The largest absolute Gasteiger partial charge is 0.463 e. The maximum Gasteiger partial charge on any atom is 0.242 e. The van der Waals surface area contributed by atoms with Crippen LogP contribution in [0.25, 0.3) is 0 Å². The molecule has 3 rings (SSSR count). The first-order chi connectivity index (χ1) is 12.2. The summed E-state index contributed by atoms with van der Waals surface area (Å²) in [4.78, 5) is 14.3. The number of rotatable bonds is 6. The number of hydrogen-bond acceptors (Lipinski definition) is 5. The number of amides is 1. The van der Waals surface area contributed by atoms with Crippen molar-refractivity contribution >= 4 is 29.1 Å². The lowest BCUT2D eigenvalue weighted by molar-refractivity contribution is -0.126. The van der Waals surface area contributed by atoms with Gasteiger partial charge in [-0.3, -0.25) is 9.69 Å². The van der Waals surface area contributed by atoms with Crippen LogP contribution in [0.3, 0.4) is 0 Å². The maximum atomic E-state index is 13.1. The number of thioether (sulfide) groups is 1. The van der Waals surface area contributed by atoms with Crippen LogP contribution in [0.1, 0.15) is 31.1 Å². The number of hydrogen-bond donors (Lipinski definition) is 0. The zero-order valence-corrected chi connectivity index (χ0v) is 14.6. The average molecular weight is 359 g/mol. The summed E-state index contributed by atoms with van der Waals surface area (Å²) in [7, 11) is 0. The van der Waals surface area contributed by atoms with Crippen LogP contribution < -0.4 is 0 Å². The van der Waals surface area contributed by atoms with Crippen molar-refractivity contribution in [2.75, 3.05) is 0 Å². The molecule has 0 aliphatic carbocycles. The summed E-state index contributed by atoms with van der Waals surface area (Å²) >= 11 is 1.42. The molecule has 130 valence electrons. The van der Waals surface area contributed by atoms with E-state index in [1.54, 1.807) is 35.4 Å². The predicted octanol–water partition coefficient (Wildman–Crippen LogP) is 4.05. The van der Waals surface area contributed by atoms with Crippen molar-refractivity contribution in [1.82, 2.24) is 4.90 Å². The second-order valence-corrected chi connectivity index (χ2v) is 6.76. The molecule has 1 atom stereocenters. The van der Waals surface area contributed by atoms with Gasteiger partial charge in [0, 0.05) is 0 Å². The Bertz CT molecular complexity index is 772. The van der Waals surface area contributed by atoms with Crippen molar-refractivity contribution in [3.8, 4) is 0 Å². The Kier molecular flexibility index (Phi) is 5.65. The summed E-state index contributed by atoms with van der Waals surface area (Å²) < 4.78 is 18.3. The molecule has 1 amide bonds. The lowest BCUT2D eigenvalue weighted by Crippen LogP contribution is -2.31. The lowest BCUT2D eigenvalue weighted by Gasteiger charge is -2.15. The van der Waals surface area contributed by atoms with Crippen molar-refractivity contribution < 1.29 is 13.6 Å². The first-order valence-corrected chi connectivity index (χ1v) is 8.92. The number of benzene rings is 1. The van der Waals surface area contributed by atoms with Gasteiger partial charge in [-0.2, -0.15) is 5.10 Å². The molecule has 5 nitrogen and oxygen atoms in total. The normalized spacial score (nSPS) is 19.4. The van der Waals surface area contributed by atoms with E-state index in [4.69, 9.17) is 4.42 Å². The van der Waals surface area contributed by atoms with Crippen LogP contribution in [0.15, 0.2) is 57.3 Å². The minimum atomic E-state index is -0.299. The van der Waals surface area contributed by atoms with Gasteiger partial charge in [-0.25, -0.2) is 4.39 Å². The van der Waals surface area contributed by atoms with Crippen molar-refractivity contribution in [2.45, 2.75) is 31.6 Å². The van der Waals surface area contributed by atoms with E-state index in [-0.39, 0.29) is 17.0 Å². The molecular formula is C18H18FN3O2S. The molecule has 1 unspecified atom stereocenters. The molecule has 25 heavy (non-hydrogen) atoms. The Labute approximate surface area is 149 Å². The second kappa shape index (κ2) is 8.11. The fourth-order valence-corrected chi connectivity index (χ4v) is 3.66. The van der Waals surface area contributed by atoms with Gasteiger partial charge in [0.25, 0.3) is 0 Å². The van der Waals surface area contributed by atoms with Crippen LogP contribution in [0.4, 0.5) is 4.39 Å². The summed E-state index contributed by atoms with van der Waals surface area (Å²) in [5.74, 6) is 0.309. The van der Waals surface area contributed by atoms with Crippen LogP contribution in [-0.2, 0) is 11.3 Å². The molecule has 1 fully saturated rings. The summed E-state index contributed by atoms with van der Waals surface area (Å²) in [5.41, 5.74) is 0.843. The molecule has 1 aliphatic rings. The van der Waals surface area contributed by atoms with Crippen LogP contribution in [0.2, 0.25) is 0 Å². The van der Waals surface area contributed by atoms with Crippen LogP contribution >= 0.6 is 11.8 Å². The van der Waals surface area contributed by atoms with E-state index < -0.39 is 0 Å². The topological polar surface area (TPSA) is 58.2 Å². The highest BCUT2D eigenvalue weighted by atomic mass is 32.2. The predicted molar refractivity (Wildman–Crippen MR) is 97.0 cm³/mol. The summed E-state index contributed by atoms with van der Waals surface area (Å²) in [5, 5.41) is 8.62. The van der Waals surface area contributed by atoms with E-state index in [0.29, 0.717) is 17.5 Å². The molecule has 1 saturated heterocycles. The van der Waals surface area contributed by atoms with Gasteiger partial charge >= 0.3 is 0 Å². The fraction of sp³-hybridized carbons (Fsp3) is 0.278. The van der Waals surface area contributed by atoms with Gasteiger partial charge in [-0.05, 0) is 36.2 Å². The molecule has 0 bridgehead atoms. The number of nitrogens with zero attached hydrogens (tertiary/aromatic N) is 3. The first kappa shape index (κ1) is 17.4. The Morgan fingerprint density at radius 3 is 2.80 bits per heavy atom. The summed E-state index contributed by atoms with van der Waals surface area (Å²) in [6.07, 6.45) is 4.75. The zero-order chi connectivity index (χ0) is 17.6. The van der Waals surface area contributed by atoms with Gasteiger partial charge in [0.2, 0.25) is 5.91 Å². The smallest absolute Gasteiger partial charge is 0.242 e. The summed E-state index contributed by atoms with van der Waals surface area (Å²) in [6.45, 7) is 2.39. The third-order valence-corrected chi connectivity index (χ3v) is 4.93. The van der Waals surface area contributed by atoms with E-state index in [9.17, 15) is 9.18 Å². The van der Waals surface area contributed by atoms with Crippen LogP contribution in [0, 0.1) is 5.82 Å². The Morgan fingerprint density at radius 2 is 2.12 bits per heavy atom. The van der Waals surface area contributed by atoms with Crippen LogP contribution in [-0.4, -0.2) is 27.4 Å². The van der Waals surface area contributed by atoms with Crippen molar-refractivity contribution in [1.29, 1.82) is 0 Å². The average Bonchev–Trinajstić information content (AvgIpc) is 3.21. The molecule has 1 aliphatic heterocycles. The van der Waals surface area contributed by atoms with E-state index >= 15 is 0 Å². The minimum Gasteiger partial charge on any atom is -0.463 e. The first-order valence-electron chi connectivity index (χ1n) is 8.04. The van der Waals surface area contributed by atoms with Gasteiger partial charge in [0.15, 0.2) is 5.17 Å². The molecule has 7 heteroatoms. The molecule has 0 N–H and O–H groups in total. The molecule has 2 heterocycles. The molecule has 1 aromatic heterocycles. The quantitative estimate of drug-likeness (QED) is 0.577. The van der Waals surface area contributed by atoms with Gasteiger partial charge in [-0.1, -0.05) is 37.2 Å². The van der Waals surface area contributed by atoms with Gasteiger partial charge < -0.3 is 4.42 Å². The molecule has 1 aromatic carbocycles. The van der Waals surface area contributed by atoms with E-state index in [1.807, 2.05) is 6.92 Å². The Balaban J connectivity index is 1.79. The maximum absolute atomic E-state index is 13.1. The summed E-state index contributed by atoms with van der Waals surface area (Å²) in [6, 6.07) is 9.65. The molecule has 2 aromatic rings. The number of amidine groups is 1. The van der Waals surface area contributed by atoms with Gasteiger partial charge in [0.05, 0.1) is 24.3 Å². The number of carbonyl (C=O) groups is 1. The third-order valence-electron chi connectivity index (χ3n) is 3.70. The number of carbonyl (C=O) groups excluding carboxylic acids is 1. The second-order valence-electron chi connectivity index (χ2n) is 5.59. The molecule has 0 saturated carbocycles. The van der Waals surface area contributed by atoms with Gasteiger partial charge in [-0.15, -0.1) is 5.10 Å². The van der Waals surface area contributed by atoms with E-state index in [0.717, 1.165) is 18.4 Å². The molecule has 0 spiro atoms. The highest BCUT2D eigenvalue weighted by Gasteiger charge is 2.37. The molecule has 0 radical (unpaired) electrons.